The van der Waals surface area contributed by atoms with Crippen LogP contribution in [-0.2, 0) is 7.05 Å². The molecule has 15 heavy (non-hydrogen) atoms. The molecule has 2 aromatic rings. The molecule has 0 aromatic carbocycles. The molecule has 78 valence electrons. The molecule has 0 saturated carbocycles. The summed E-state index contributed by atoms with van der Waals surface area (Å²) >= 11 is 3.29. The molecule has 0 aliphatic heterocycles. The highest BCUT2D eigenvalue weighted by Gasteiger charge is 2.18. The lowest BCUT2D eigenvalue weighted by molar-refractivity contribution is 0.642. The Balaban J connectivity index is 2.41. The van der Waals surface area contributed by atoms with Gasteiger partial charge in [0, 0.05) is 19.4 Å². The molecule has 6 nitrogen and oxygen atoms in total. The molecule has 1 atom stereocenters. The van der Waals surface area contributed by atoms with E-state index in [-0.39, 0.29) is 6.04 Å². The first-order valence-electron chi connectivity index (χ1n) is 4.26. The van der Waals surface area contributed by atoms with Gasteiger partial charge in [-0.25, -0.2) is 4.68 Å². The van der Waals surface area contributed by atoms with E-state index in [2.05, 4.69) is 36.2 Å². The number of aromatic nitrogens is 5. The third-order valence-electron chi connectivity index (χ3n) is 2.02. The fraction of sp³-hybridized carbons (Fsp3) is 0.250. The van der Waals surface area contributed by atoms with Crippen LogP contribution in [0, 0.1) is 0 Å². The zero-order valence-corrected chi connectivity index (χ0v) is 9.59. The number of rotatable bonds is 2. The Bertz CT molecular complexity index is 434. The number of nitrogens with zero attached hydrogens (tertiary/aromatic N) is 5. The Labute approximate surface area is 94.7 Å². The summed E-state index contributed by atoms with van der Waals surface area (Å²) in [6, 6.07) is -0.381. The van der Waals surface area contributed by atoms with E-state index in [1.807, 2.05) is 0 Å². The fourth-order valence-corrected chi connectivity index (χ4v) is 1.85. The van der Waals surface area contributed by atoms with Gasteiger partial charge in [-0.3, -0.25) is 9.97 Å². The summed E-state index contributed by atoms with van der Waals surface area (Å²) in [5, 5.41) is 7.72. The van der Waals surface area contributed by atoms with E-state index in [1.54, 1.807) is 30.3 Å². The largest absolute Gasteiger partial charge is 0.318 e. The second-order valence-electron chi connectivity index (χ2n) is 3.00. The summed E-state index contributed by atoms with van der Waals surface area (Å²) in [4.78, 5) is 8.11. The van der Waals surface area contributed by atoms with Crippen LogP contribution >= 0.6 is 15.9 Å². The second-order valence-corrected chi connectivity index (χ2v) is 3.75. The average molecular weight is 269 g/mol. The molecule has 1 unspecified atom stereocenters. The van der Waals surface area contributed by atoms with Gasteiger partial charge in [-0.15, -0.1) is 5.10 Å². The lowest BCUT2D eigenvalue weighted by atomic mass is 10.2. The van der Waals surface area contributed by atoms with Crippen LogP contribution in [-0.4, -0.2) is 25.0 Å². The van der Waals surface area contributed by atoms with Crippen molar-refractivity contribution in [3.63, 3.8) is 0 Å². The summed E-state index contributed by atoms with van der Waals surface area (Å²) < 4.78 is 2.24. The number of hydrogen-bond donors (Lipinski definition) is 1. The Morgan fingerprint density at radius 2 is 2.27 bits per heavy atom. The van der Waals surface area contributed by atoms with Crippen LogP contribution in [0.25, 0.3) is 0 Å². The van der Waals surface area contributed by atoms with Gasteiger partial charge >= 0.3 is 0 Å². The van der Waals surface area contributed by atoms with Gasteiger partial charge in [0.25, 0.3) is 0 Å². The summed E-state index contributed by atoms with van der Waals surface area (Å²) in [6.45, 7) is 0. The molecule has 0 radical (unpaired) electrons. The van der Waals surface area contributed by atoms with Gasteiger partial charge in [-0.1, -0.05) is 5.21 Å². The van der Waals surface area contributed by atoms with Crippen molar-refractivity contribution >= 4 is 15.9 Å². The predicted molar refractivity (Wildman–Crippen MR) is 56.8 cm³/mol. The topological polar surface area (TPSA) is 82.5 Å². The van der Waals surface area contributed by atoms with Crippen LogP contribution in [0.5, 0.6) is 0 Å². The normalized spacial score (nSPS) is 12.7. The summed E-state index contributed by atoms with van der Waals surface area (Å²) in [7, 11) is 1.78. The van der Waals surface area contributed by atoms with Crippen LogP contribution in [0.15, 0.2) is 23.2 Å². The SMILES string of the molecule is Cn1nnc(Br)c1C(N)c1cnccn1. The van der Waals surface area contributed by atoms with Crippen LogP contribution in [0.1, 0.15) is 17.4 Å². The molecule has 0 spiro atoms. The number of nitrogens with two attached hydrogens (primary N) is 1. The van der Waals surface area contributed by atoms with Crippen molar-refractivity contribution in [1.82, 2.24) is 25.0 Å². The molecule has 7 heteroatoms. The predicted octanol–water partition coefficient (Wildman–Crippen LogP) is 0.416. The zero-order chi connectivity index (χ0) is 10.8. The van der Waals surface area contributed by atoms with Crippen molar-refractivity contribution in [2.24, 2.45) is 12.8 Å². The molecular formula is C8H9BrN6. The maximum Gasteiger partial charge on any atom is 0.153 e. The molecule has 0 fully saturated rings. The molecule has 2 N–H and O–H groups in total. The summed E-state index contributed by atoms with van der Waals surface area (Å²) in [5.74, 6) is 0. The minimum absolute atomic E-state index is 0.381. The standard InChI is InChI=1S/C8H9BrN6/c1-15-7(8(9)13-14-15)6(10)5-4-11-2-3-12-5/h2-4,6H,10H2,1H3. The van der Waals surface area contributed by atoms with Crippen molar-refractivity contribution in [2.75, 3.05) is 0 Å². The third kappa shape index (κ3) is 1.88. The molecule has 0 aliphatic carbocycles. The molecule has 2 aromatic heterocycles. The van der Waals surface area contributed by atoms with Crippen LogP contribution in [0.4, 0.5) is 0 Å². The summed E-state index contributed by atoms with van der Waals surface area (Å²) in [5.41, 5.74) is 7.49. The Kier molecular flexibility index (Phi) is 2.74. The highest BCUT2D eigenvalue weighted by molar-refractivity contribution is 9.10. The average Bonchev–Trinajstić information content (AvgIpc) is 2.59. The van der Waals surface area contributed by atoms with Crippen molar-refractivity contribution in [1.29, 1.82) is 0 Å². The quantitative estimate of drug-likeness (QED) is 0.854. The van der Waals surface area contributed by atoms with E-state index in [1.165, 1.54) is 0 Å². The molecule has 2 rings (SSSR count). The molecular weight excluding hydrogens is 260 g/mol. The minimum Gasteiger partial charge on any atom is -0.318 e. The van der Waals surface area contributed by atoms with Gasteiger partial charge in [0.2, 0.25) is 0 Å². The molecule has 2 heterocycles. The van der Waals surface area contributed by atoms with Crippen LogP contribution in [0.2, 0.25) is 0 Å². The van der Waals surface area contributed by atoms with E-state index in [0.717, 1.165) is 5.69 Å². The fourth-order valence-electron chi connectivity index (χ4n) is 1.28. The monoisotopic (exact) mass is 268 g/mol. The molecule has 0 saturated heterocycles. The highest BCUT2D eigenvalue weighted by atomic mass is 79.9. The van der Waals surface area contributed by atoms with Gasteiger partial charge in [0.15, 0.2) is 4.60 Å². The minimum atomic E-state index is -0.381. The summed E-state index contributed by atoms with van der Waals surface area (Å²) in [6.07, 6.45) is 4.84. The van der Waals surface area contributed by atoms with Crippen molar-refractivity contribution in [3.8, 4) is 0 Å². The number of hydrogen-bond acceptors (Lipinski definition) is 5. The van der Waals surface area contributed by atoms with Crippen molar-refractivity contribution in [3.05, 3.63) is 34.6 Å². The Morgan fingerprint density at radius 1 is 1.47 bits per heavy atom. The van der Waals surface area contributed by atoms with E-state index in [0.29, 0.717) is 10.3 Å². The molecule has 0 aliphatic rings. The number of halogens is 1. The zero-order valence-electron chi connectivity index (χ0n) is 8.00. The molecule has 0 bridgehead atoms. The highest BCUT2D eigenvalue weighted by Crippen LogP contribution is 2.22. The lowest BCUT2D eigenvalue weighted by Gasteiger charge is -2.10. The van der Waals surface area contributed by atoms with Gasteiger partial charge < -0.3 is 5.73 Å². The first-order valence-corrected chi connectivity index (χ1v) is 5.06. The maximum absolute atomic E-state index is 6.03. The first kappa shape index (κ1) is 10.2. The number of aryl methyl sites for hydroxylation is 1. The van der Waals surface area contributed by atoms with Crippen molar-refractivity contribution in [2.45, 2.75) is 6.04 Å². The second kappa shape index (κ2) is 4.03. The van der Waals surface area contributed by atoms with Crippen LogP contribution in [0.3, 0.4) is 0 Å². The third-order valence-corrected chi connectivity index (χ3v) is 2.59. The van der Waals surface area contributed by atoms with E-state index >= 15 is 0 Å². The molecule has 0 amide bonds. The van der Waals surface area contributed by atoms with Gasteiger partial charge in [0.05, 0.1) is 23.6 Å². The van der Waals surface area contributed by atoms with Crippen molar-refractivity contribution < 1.29 is 0 Å². The van der Waals surface area contributed by atoms with E-state index in [4.69, 9.17) is 5.73 Å². The maximum atomic E-state index is 6.03. The Hall–Kier alpha value is -1.34. The lowest BCUT2D eigenvalue weighted by Crippen LogP contribution is -2.17. The smallest absolute Gasteiger partial charge is 0.153 e. The van der Waals surface area contributed by atoms with Crippen LogP contribution < -0.4 is 5.73 Å². The van der Waals surface area contributed by atoms with Gasteiger partial charge in [0.1, 0.15) is 0 Å². The first-order chi connectivity index (χ1) is 7.20. The van der Waals surface area contributed by atoms with Gasteiger partial charge in [-0.2, -0.15) is 0 Å². The van der Waals surface area contributed by atoms with Gasteiger partial charge in [-0.05, 0) is 15.9 Å². The van der Waals surface area contributed by atoms with E-state index < -0.39 is 0 Å². The Morgan fingerprint density at radius 3 is 2.80 bits per heavy atom. The van der Waals surface area contributed by atoms with E-state index in [9.17, 15) is 0 Å².